The van der Waals surface area contributed by atoms with Crippen LogP contribution in [0.1, 0.15) is 41.6 Å². The van der Waals surface area contributed by atoms with E-state index < -0.39 is 5.97 Å². The van der Waals surface area contributed by atoms with Gasteiger partial charge in [-0.15, -0.1) is 0 Å². The molecule has 5 heteroatoms. The van der Waals surface area contributed by atoms with Crippen molar-refractivity contribution < 1.29 is 14.7 Å². The molecule has 0 atom stereocenters. The zero-order valence-corrected chi connectivity index (χ0v) is 11.4. The summed E-state index contributed by atoms with van der Waals surface area (Å²) in [6.07, 6.45) is 4.97. The summed E-state index contributed by atoms with van der Waals surface area (Å²) in [4.78, 5) is 22.7. The third kappa shape index (κ3) is 3.98. The molecule has 1 aromatic carbocycles. The van der Waals surface area contributed by atoms with E-state index >= 15 is 0 Å². The van der Waals surface area contributed by atoms with Crippen LogP contribution < -0.4 is 10.6 Å². The van der Waals surface area contributed by atoms with Crippen molar-refractivity contribution in [2.24, 2.45) is 0 Å². The summed E-state index contributed by atoms with van der Waals surface area (Å²) in [5.74, 6) is -0.934. The van der Waals surface area contributed by atoms with Crippen molar-refractivity contribution in [3.8, 4) is 0 Å². The van der Waals surface area contributed by atoms with Crippen LogP contribution in [-0.4, -0.2) is 29.7 Å². The van der Waals surface area contributed by atoms with Crippen LogP contribution in [0.3, 0.4) is 0 Å². The first-order valence-corrected chi connectivity index (χ1v) is 7.02. The number of nitrogens with one attached hydrogen (secondary N) is 2. The molecule has 1 aromatic rings. The molecule has 0 aromatic heterocycles. The molecule has 1 saturated carbocycles. The molecule has 5 nitrogen and oxygen atoms in total. The van der Waals surface area contributed by atoms with Gasteiger partial charge >= 0.3 is 12.0 Å². The van der Waals surface area contributed by atoms with E-state index in [0.29, 0.717) is 24.6 Å². The molecule has 1 aliphatic carbocycles. The lowest BCUT2D eigenvalue weighted by Crippen LogP contribution is -2.41. The molecule has 0 heterocycles. The van der Waals surface area contributed by atoms with E-state index in [2.05, 4.69) is 10.6 Å². The Bertz CT molecular complexity index is 482. The van der Waals surface area contributed by atoms with Crippen LogP contribution in [0.2, 0.25) is 0 Å². The Hall–Kier alpha value is -2.04. The van der Waals surface area contributed by atoms with Gasteiger partial charge in [0.2, 0.25) is 0 Å². The van der Waals surface area contributed by atoms with Gasteiger partial charge in [0.15, 0.2) is 0 Å². The van der Waals surface area contributed by atoms with E-state index in [1.54, 1.807) is 24.3 Å². The van der Waals surface area contributed by atoms with Gasteiger partial charge in [0.05, 0.1) is 5.56 Å². The number of carboxylic acids is 1. The Kier molecular flexibility index (Phi) is 4.98. The third-order valence-electron chi connectivity index (χ3n) is 3.62. The number of urea groups is 1. The van der Waals surface area contributed by atoms with Crippen LogP contribution >= 0.6 is 0 Å². The van der Waals surface area contributed by atoms with E-state index in [4.69, 9.17) is 5.11 Å². The predicted molar refractivity (Wildman–Crippen MR) is 75.9 cm³/mol. The van der Waals surface area contributed by atoms with Gasteiger partial charge < -0.3 is 15.7 Å². The van der Waals surface area contributed by atoms with Crippen LogP contribution in [0.15, 0.2) is 24.3 Å². The van der Waals surface area contributed by atoms with E-state index in [0.717, 1.165) is 18.4 Å². The summed E-state index contributed by atoms with van der Waals surface area (Å²) in [5, 5.41) is 14.8. The monoisotopic (exact) mass is 276 g/mol. The number of carbonyl (C=O) groups excluding carboxylic acids is 1. The summed E-state index contributed by atoms with van der Waals surface area (Å²) in [6, 6.07) is 7.00. The Balaban J connectivity index is 1.78. The quantitative estimate of drug-likeness (QED) is 0.771. The molecule has 20 heavy (non-hydrogen) atoms. The normalized spacial score (nSPS) is 15.0. The maximum atomic E-state index is 11.7. The zero-order chi connectivity index (χ0) is 14.4. The molecule has 0 unspecified atom stereocenters. The highest BCUT2D eigenvalue weighted by Gasteiger charge is 2.16. The lowest BCUT2D eigenvalue weighted by Gasteiger charge is -2.13. The number of amides is 2. The fourth-order valence-electron chi connectivity index (χ4n) is 2.56. The van der Waals surface area contributed by atoms with Gasteiger partial charge in [0.1, 0.15) is 0 Å². The topological polar surface area (TPSA) is 78.4 Å². The Morgan fingerprint density at radius 2 is 1.90 bits per heavy atom. The van der Waals surface area contributed by atoms with Gasteiger partial charge in [-0.1, -0.05) is 31.0 Å². The van der Waals surface area contributed by atoms with Gasteiger partial charge in [-0.3, -0.25) is 0 Å². The number of rotatable bonds is 5. The number of carboxylic acid groups (broad SMARTS) is 1. The summed E-state index contributed by atoms with van der Waals surface area (Å²) < 4.78 is 0. The molecule has 1 aliphatic rings. The van der Waals surface area contributed by atoms with Crippen molar-refractivity contribution in [1.29, 1.82) is 0 Å². The van der Waals surface area contributed by atoms with Crippen molar-refractivity contribution in [3.63, 3.8) is 0 Å². The molecule has 0 saturated heterocycles. The van der Waals surface area contributed by atoms with Crippen molar-refractivity contribution in [3.05, 3.63) is 35.4 Å². The summed E-state index contributed by atoms with van der Waals surface area (Å²) in [7, 11) is 0. The van der Waals surface area contributed by atoms with Crippen molar-refractivity contribution >= 4 is 12.0 Å². The average Bonchev–Trinajstić information content (AvgIpc) is 2.92. The van der Waals surface area contributed by atoms with E-state index in [1.807, 2.05) is 0 Å². The summed E-state index contributed by atoms with van der Waals surface area (Å²) >= 11 is 0. The Morgan fingerprint density at radius 3 is 2.60 bits per heavy atom. The van der Waals surface area contributed by atoms with Gasteiger partial charge in [-0.2, -0.15) is 0 Å². The zero-order valence-electron chi connectivity index (χ0n) is 11.4. The molecule has 0 bridgehead atoms. The van der Waals surface area contributed by atoms with Gasteiger partial charge in [0.25, 0.3) is 0 Å². The molecular weight excluding hydrogens is 256 g/mol. The van der Waals surface area contributed by atoms with Gasteiger partial charge in [-0.25, -0.2) is 9.59 Å². The largest absolute Gasteiger partial charge is 0.478 e. The van der Waals surface area contributed by atoms with Crippen LogP contribution in [-0.2, 0) is 6.42 Å². The second-order valence-electron chi connectivity index (χ2n) is 5.09. The first-order valence-electron chi connectivity index (χ1n) is 7.02. The van der Waals surface area contributed by atoms with Crippen LogP contribution in [0.4, 0.5) is 4.79 Å². The van der Waals surface area contributed by atoms with Crippen LogP contribution in [0.25, 0.3) is 0 Å². The number of hydrogen-bond donors (Lipinski definition) is 3. The molecule has 2 rings (SSSR count). The smallest absolute Gasteiger partial charge is 0.335 e. The highest BCUT2D eigenvalue weighted by Crippen LogP contribution is 2.17. The SMILES string of the molecule is O=C(NCCc1ccccc1C(=O)O)NC1CCCC1. The molecule has 1 fully saturated rings. The second-order valence-corrected chi connectivity index (χ2v) is 5.09. The predicted octanol–water partition coefficient (Wildman–Crippen LogP) is 2.17. The van der Waals surface area contributed by atoms with Gasteiger partial charge in [0, 0.05) is 12.6 Å². The minimum atomic E-state index is -0.934. The lowest BCUT2D eigenvalue weighted by molar-refractivity contribution is 0.0695. The molecular formula is C15H20N2O3. The minimum absolute atomic E-state index is 0.162. The maximum Gasteiger partial charge on any atom is 0.335 e. The Morgan fingerprint density at radius 1 is 1.20 bits per heavy atom. The number of benzene rings is 1. The van der Waals surface area contributed by atoms with Crippen molar-refractivity contribution in [1.82, 2.24) is 10.6 Å². The first-order chi connectivity index (χ1) is 9.66. The van der Waals surface area contributed by atoms with E-state index in [9.17, 15) is 9.59 Å². The minimum Gasteiger partial charge on any atom is -0.478 e. The van der Waals surface area contributed by atoms with E-state index in [1.165, 1.54) is 12.8 Å². The molecule has 2 amide bonds. The molecule has 108 valence electrons. The average molecular weight is 276 g/mol. The Labute approximate surface area is 118 Å². The third-order valence-corrected chi connectivity index (χ3v) is 3.62. The summed E-state index contributed by atoms with van der Waals surface area (Å²) in [6.45, 7) is 0.433. The van der Waals surface area contributed by atoms with Crippen LogP contribution in [0.5, 0.6) is 0 Å². The highest BCUT2D eigenvalue weighted by molar-refractivity contribution is 5.89. The molecule has 0 spiro atoms. The fourth-order valence-corrected chi connectivity index (χ4v) is 2.56. The highest BCUT2D eigenvalue weighted by atomic mass is 16.4. The standard InChI is InChI=1S/C15H20N2O3/c18-14(19)13-8-4-1-5-11(13)9-10-16-15(20)17-12-6-2-3-7-12/h1,4-5,8,12H,2-3,6-7,9-10H2,(H,18,19)(H2,16,17,20). The maximum absolute atomic E-state index is 11.7. The number of carbonyl (C=O) groups is 2. The van der Waals surface area contributed by atoms with Crippen molar-refractivity contribution in [2.75, 3.05) is 6.54 Å². The number of hydrogen-bond acceptors (Lipinski definition) is 2. The first kappa shape index (κ1) is 14.4. The molecule has 0 radical (unpaired) electrons. The van der Waals surface area contributed by atoms with Gasteiger partial charge in [-0.05, 0) is 30.9 Å². The fraction of sp³-hybridized carbons (Fsp3) is 0.467. The van der Waals surface area contributed by atoms with E-state index in [-0.39, 0.29) is 6.03 Å². The lowest BCUT2D eigenvalue weighted by atomic mass is 10.0. The van der Waals surface area contributed by atoms with Crippen molar-refractivity contribution in [2.45, 2.75) is 38.1 Å². The number of aromatic carboxylic acids is 1. The molecule has 0 aliphatic heterocycles. The second kappa shape index (κ2) is 6.93. The molecule has 3 N–H and O–H groups in total. The van der Waals surface area contributed by atoms with Crippen LogP contribution in [0, 0.1) is 0 Å². The summed E-state index contributed by atoms with van der Waals surface area (Å²) in [5.41, 5.74) is 1.03.